The van der Waals surface area contributed by atoms with Crippen molar-refractivity contribution >= 4 is 11.8 Å². The van der Waals surface area contributed by atoms with E-state index in [-0.39, 0.29) is 35.9 Å². The van der Waals surface area contributed by atoms with Crippen molar-refractivity contribution in [2.45, 2.75) is 12.2 Å². The lowest BCUT2D eigenvalue weighted by molar-refractivity contribution is -0.145. The predicted molar refractivity (Wildman–Crippen MR) is 59.1 cm³/mol. The molecule has 0 aromatic rings. The standard InChI is InChI=1S/C12H12N2O3/c1-3-6(2)13-14-11(15)9-7-4-5-8(17-7)10(9)12(14)16/h3-5,7-10,13H,1-2H2. The quantitative estimate of drug-likeness (QED) is 0.427. The largest absolute Gasteiger partial charge is 0.365 e. The molecular weight excluding hydrogens is 220 g/mol. The lowest BCUT2D eigenvalue weighted by Gasteiger charge is -2.19. The second-order valence-corrected chi connectivity index (χ2v) is 4.35. The summed E-state index contributed by atoms with van der Waals surface area (Å²) in [5.74, 6) is -1.27. The molecule has 0 saturated carbocycles. The SMILES string of the molecule is C=CC(=C)NN1C(=O)C2C3C=CC(O3)C2C1=O. The Morgan fingerprint density at radius 1 is 1.29 bits per heavy atom. The maximum atomic E-state index is 12.1. The number of ether oxygens (including phenoxy) is 1. The van der Waals surface area contributed by atoms with Crippen molar-refractivity contribution in [2.75, 3.05) is 0 Å². The van der Waals surface area contributed by atoms with E-state index >= 15 is 0 Å². The number of allylic oxidation sites excluding steroid dienone is 1. The van der Waals surface area contributed by atoms with Crippen LogP contribution in [-0.2, 0) is 14.3 Å². The molecule has 3 rings (SSSR count). The Morgan fingerprint density at radius 3 is 2.29 bits per heavy atom. The third-order valence-corrected chi connectivity index (χ3v) is 3.41. The number of fused-ring (bicyclic) bond motifs is 5. The van der Waals surface area contributed by atoms with E-state index in [1.165, 1.54) is 6.08 Å². The predicted octanol–water partition coefficient (Wildman–Crippen LogP) is 0.129. The highest BCUT2D eigenvalue weighted by molar-refractivity contribution is 6.06. The fourth-order valence-corrected chi connectivity index (χ4v) is 2.60. The molecule has 2 bridgehead atoms. The monoisotopic (exact) mass is 232 g/mol. The molecule has 1 N–H and O–H groups in total. The molecule has 0 aromatic carbocycles. The van der Waals surface area contributed by atoms with E-state index in [0.717, 1.165) is 5.01 Å². The minimum atomic E-state index is -0.386. The zero-order chi connectivity index (χ0) is 12.2. The van der Waals surface area contributed by atoms with Gasteiger partial charge in [0.2, 0.25) is 0 Å². The number of nitrogens with one attached hydrogen (secondary N) is 1. The Hall–Kier alpha value is -1.88. The Bertz CT molecular complexity index is 438. The Morgan fingerprint density at radius 2 is 1.82 bits per heavy atom. The normalized spacial score (nSPS) is 37.5. The van der Waals surface area contributed by atoms with Crippen LogP contribution in [0.3, 0.4) is 0 Å². The molecule has 3 heterocycles. The summed E-state index contributed by atoms with van der Waals surface area (Å²) in [5.41, 5.74) is 3.09. The molecule has 0 aliphatic carbocycles. The van der Waals surface area contributed by atoms with Gasteiger partial charge in [0, 0.05) is 5.70 Å². The number of carbonyl (C=O) groups is 2. The van der Waals surface area contributed by atoms with Crippen molar-refractivity contribution in [2.24, 2.45) is 11.8 Å². The molecule has 5 nitrogen and oxygen atoms in total. The van der Waals surface area contributed by atoms with Gasteiger partial charge in [-0.05, 0) is 6.08 Å². The van der Waals surface area contributed by atoms with Crippen LogP contribution in [0.15, 0.2) is 37.1 Å². The number of carbonyl (C=O) groups excluding carboxylic acids is 2. The first-order valence-corrected chi connectivity index (χ1v) is 5.43. The molecule has 4 unspecified atom stereocenters. The number of rotatable bonds is 3. The maximum Gasteiger partial charge on any atom is 0.255 e. The maximum absolute atomic E-state index is 12.1. The van der Waals surface area contributed by atoms with Crippen LogP contribution in [0.5, 0.6) is 0 Å². The van der Waals surface area contributed by atoms with Gasteiger partial charge in [-0.15, -0.1) is 0 Å². The second kappa shape index (κ2) is 3.30. The summed E-state index contributed by atoms with van der Waals surface area (Å²) in [6.07, 6.45) is 4.64. The van der Waals surface area contributed by atoms with Crippen LogP contribution in [0.4, 0.5) is 0 Å². The molecule has 2 fully saturated rings. The van der Waals surface area contributed by atoms with Crippen LogP contribution in [-0.4, -0.2) is 29.0 Å². The molecular formula is C12H12N2O3. The van der Waals surface area contributed by atoms with Gasteiger partial charge in [0.25, 0.3) is 11.8 Å². The van der Waals surface area contributed by atoms with E-state index in [2.05, 4.69) is 18.6 Å². The molecule has 17 heavy (non-hydrogen) atoms. The van der Waals surface area contributed by atoms with E-state index < -0.39 is 0 Å². The molecule has 3 aliphatic rings. The van der Waals surface area contributed by atoms with Crippen LogP contribution >= 0.6 is 0 Å². The van der Waals surface area contributed by atoms with E-state index in [4.69, 9.17) is 4.74 Å². The van der Waals surface area contributed by atoms with Crippen LogP contribution in [0.2, 0.25) is 0 Å². The van der Waals surface area contributed by atoms with Crippen molar-refractivity contribution in [3.8, 4) is 0 Å². The Labute approximate surface area is 98.4 Å². The van der Waals surface area contributed by atoms with Crippen LogP contribution in [0, 0.1) is 11.8 Å². The zero-order valence-electron chi connectivity index (χ0n) is 9.13. The number of nitrogens with zero attached hydrogens (tertiary/aromatic N) is 1. The number of hydrogen-bond acceptors (Lipinski definition) is 4. The number of amides is 2. The third-order valence-electron chi connectivity index (χ3n) is 3.41. The fourth-order valence-electron chi connectivity index (χ4n) is 2.60. The van der Waals surface area contributed by atoms with Crippen molar-refractivity contribution in [3.05, 3.63) is 37.1 Å². The van der Waals surface area contributed by atoms with Gasteiger partial charge in [-0.25, -0.2) is 0 Å². The molecule has 2 saturated heterocycles. The van der Waals surface area contributed by atoms with Crippen molar-refractivity contribution in [1.29, 1.82) is 0 Å². The number of hydrazine groups is 1. The smallest absolute Gasteiger partial charge is 0.255 e. The highest BCUT2D eigenvalue weighted by atomic mass is 16.5. The molecule has 5 heteroatoms. The summed E-state index contributed by atoms with van der Waals surface area (Å²) in [6, 6.07) is 0. The first kappa shape index (κ1) is 10.3. The summed E-state index contributed by atoms with van der Waals surface area (Å²) in [4.78, 5) is 24.2. The molecule has 4 atom stereocenters. The van der Waals surface area contributed by atoms with E-state index in [1.54, 1.807) is 0 Å². The summed E-state index contributed by atoms with van der Waals surface area (Å²) in [5, 5.41) is 1.04. The summed E-state index contributed by atoms with van der Waals surface area (Å²) < 4.78 is 5.51. The highest BCUT2D eigenvalue weighted by Gasteiger charge is 2.61. The third kappa shape index (κ3) is 1.23. The molecule has 0 aromatic heterocycles. The van der Waals surface area contributed by atoms with Gasteiger partial charge in [0.05, 0.1) is 24.0 Å². The summed E-state index contributed by atoms with van der Waals surface area (Å²) in [6.45, 7) is 7.15. The lowest BCUT2D eigenvalue weighted by atomic mass is 9.85. The van der Waals surface area contributed by atoms with Crippen molar-refractivity contribution in [1.82, 2.24) is 10.4 Å². The first-order valence-electron chi connectivity index (χ1n) is 5.43. The Balaban J connectivity index is 1.87. The van der Waals surface area contributed by atoms with Gasteiger partial charge in [-0.2, -0.15) is 5.01 Å². The van der Waals surface area contributed by atoms with Crippen LogP contribution < -0.4 is 5.43 Å². The molecule has 3 aliphatic heterocycles. The van der Waals surface area contributed by atoms with Gasteiger partial charge in [-0.1, -0.05) is 25.3 Å². The molecule has 0 spiro atoms. The minimum absolute atomic E-state index is 0.250. The van der Waals surface area contributed by atoms with Gasteiger partial charge in [0.1, 0.15) is 0 Å². The second-order valence-electron chi connectivity index (χ2n) is 4.35. The van der Waals surface area contributed by atoms with Gasteiger partial charge in [-0.3, -0.25) is 15.0 Å². The molecule has 0 radical (unpaired) electrons. The average Bonchev–Trinajstić information content (AvgIpc) is 2.98. The minimum Gasteiger partial charge on any atom is -0.365 e. The van der Waals surface area contributed by atoms with Gasteiger partial charge in [0.15, 0.2) is 0 Å². The van der Waals surface area contributed by atoms with Crippen LogP contribution in [0.25, 0.3) is 0 Å². The van der Waals surface area contributed by atoms with Gasteiger partial charge < -0.3 is 4.74 Å². The Kier molecular flexibility index (Phi) is 2.00. The van der Waals surface area contributed by atoms with E-state index in [9.17, 15) is 9.59 Å². The van der Waals surface area contributed by atoms with E-state index in [1.807, 2.05) is 12.2 Å². The van der Waals surface area contributed by atoms with Crippen molar-refractivity contribution < 1.29 is 14.3 Å². The fraction of sp³-hybridized carbons (Fsp3) is 0.333. The molecule has 2 amide bonds. The van der Waals surface area contributed by atoms with Gasteiger partial charge >= 0.3 is 0 Å². The zero-order valence-corrected chi connectivity index (χ0v) is 9.13. The molecule has 88 valence electrons. The topological polar surface area (TPSA) is 58.6 Å². The first-order chi connectivity index (χ1) is 8.13. The highest BCUT2D eigenvalue weighted by Crippen LogP contribution is 2.44. The number of imide groups is 1. The lowest BCUT2D eigenvalue weighted by Crippen LogP contribution is -2.43. The van der Waals surface area contributed by atoms with Crippen molar-refractivity contribution in [3.63, 3.8) is 0 Å². The summed E-state index contributed by atoms with van der Waals surface area (Å²) in [7, 11) is 0. The average molecular weight is 232 g/mol. The van der Waals surface area contributed by atoms with Crippen LogP contribution in [0.1, 0.15) is 0 Å². The number of hydrogen-bond donors (Lipinski definition) is 1. The summed E-state index contributed by atoms with van der Waals surface area (Å²) >= 11 is 0. The van der Waals surface area contributed by atoms with E-state index in [0.29, 0.717) is 5.70 Å².